The topological polar surface area (TPSA) is 85.9 Å². The summed E-state index contributed by atoms with van der Waals surface area (Å²) in [5.41, 5.74) is 5.67. The minimum absolute atomic E-state index is 0.229. The number of nitrogens with one attached hydrogen (secondary N) is 2. The molecule has 2 amide bonds. The Kier molecular flexibility index (Phi) is 11.4. The fourth-order valence-corrected chi connectivity index (χ4v) is 5.48. The number of rotatable bonds is 14. The highest BCUT2D eigenvalue weighted by Crippen LogP contribution is 2.27. The van der Waals surface area contributed by atoms with Crippen LogP contribution in [-0.2, 0) is 9.59 Å². The fourth-order valence-electron chi connectivity index (χ4n) is 5.48. The molecule has 2 unspecified atom stereocenters. The van der Waals surface area contributed by atoms with Gasteiger partial charge in [-0.05, 0) is 108 Å². The van der Waals surface area contributed by atoms with Gasteiger partial charge in [0, 0.05) is 11.4 Å². The number of carbonyl (C=O) groups excluding carboxylic acids is 2. The number of anilines is 2. The number of carbonyl (C=O) groups is 2. The van der Waals surface area contributed by atoms with E-state index in [-0.39, 0.29) is 11.8 Å². The molecule has 0 radical (unpaired) electrons. The van der Waals surface area contributed by atoms with Gasteiger partial charge in [-0.15, -0.1) is 0 Å². The fraction of sp³-hybridized carbons (Fsp3) is 0.136. The summed E-state index contributed by atoms with van der Waals surface area (Å²) in [6, 6.07) is 50.0. The normalized spacial score (nSPS) is 11.9. The van der Waals surface area contributed by atoms with E-state index in [1.165, 1.54) is 0 Å². The Balaban J connectivity index is 0.975. The SMILES string of the molecule is CCC(Oc1ccc(-c2ccccc2)cc1)C(=O)Nc1ccc(Oc2ccc(NC(=O)C(CC)Oc3ccc(-c4ccccc4)cc3)cc2)cc1. The molecule has 0 aliphatic carbocycles. The van der Waals surface area contributed by atoms with Crippen LogP contribution in [0.4, 0.5) is 11.4 Å². The maximum absolute atomic E-state index is 13.0. The molecule has 0 bridgehead atoms. The molecule has 6 aromatic rings. The molecule has 0 heterocycles. The zero-order valence-electron chi connectivity index (χ0n) is 28.6. The minimum atomic E-state index is -0.645. The molecule has 2 atom stereocenters. The van der Waals surface area contributed by atoms with Crippen LogP contribution in [0.25, 0.3) is 22.3 Å². The Morgan fingerprint density at radius 3 is 1.08 bits per heavy atom. The molecule has 7 heteroatoms. The number of hydrogen-bond acceptors (Lipinski definition) is 5. The lowest BCUT2D eigenvalue weighted by molar-refractivity contribution is -0.123. The van der Waals surface area contributed by atoms with Gasteiger partial charge in [0.05, 0.1) is 0 Å². The van der Waals surface area contributed by atoms with E-state index in [0.717, 1.165) is 22.3 Å². The van der Waals surface area contributed by atoms with Crippen LogP contribution in [-0.4, -0.2) is 24.0 Å². The molecule has 0 aliphatic rings. The summed E-state index contributed by atoms with van der Waals surface area (Å²) in [5, 5.41) is 5.87. The lowest BCUT2D eigenvalue weighted by Crippen LogP contribution is -2.32. The quantitative estimate of drug-likeness (QED) is 0.120. The van der Waals surface area contributed by atoms with Crippen LogP contribution in [0.1, 0.15) is 26.7 Å². The Morgan fingerprint density at radius 2 is 0.745 bits per heavy atom. The molecule has 0 aromatic heterocycles. The van der Waals surface area contributed by atoms with Crippen LogP contribution in [0, 0.1) is 0 Å². The highest BCUT2D eigenvalue weighted by atomic mass is 16.5. The van der Waals surface area contributed by atoms with Gasteiger partial charge in [0.2, 0.25) is 0 Å². The monoisotopic (exact) mass is 676 g/mol. The Bertz CT molecular complexity index is 1850. The molecule has 0 aliphatic heterocycles. The van der Waals surface area contributed by atoms with E-state index in [4.69, 9.17) is 14.2 Å². The largest absolute Gasteiger partial charge is 0.481 e. The van der Waals surface area contributed by atoms with Crippen LogP contribution in [0.2, 0.25) is 0 Å². The Hall–Kier alpha value is -6.34. The van der Waals surface area contributed by atoms with Crippen LogP contribution >= 0.6 is 0 Å². The molecule has 0 saturated carbocycles. The highest BCUT2D eigenvalue weighted by Gasteiger charge is 2.20. The van der Waals surface area contributed by atoms with Crippen molar-refractivity contribution in [3.05, 3.63) is 158 Å². The average molecular weight is 677 g/mol. The summed E-state index contributed by atoms with van der Waals surface area (Å²) in [7, 11) is 0. The summed E-state index contributed by atoms with van der Waals surface area (Å²) in [5.74, 6) is 2.01. The van der Waals surface area contributed by atoms with Crippen molar-refractivity contribution in [2.75, 3.05) is 10.6 Å². The molecule has 0 fully saturated rings. The first-order chi connectivity index (χ1) is 25.0. The number of benzene rings is 6. The summed E-state index contributed by atoms with van der Waals surface area (Å²) in [4.78, 5) is 26.1. The third kappa shape index (κ3) is 9.43. The molecular weight excluding hydrogens is 636 g/mol. The number of ether oxygens (including phenoxy) is 3. The molecule has 6 rings (SSSR count). The smallest absolute Gasteiger partial charge is 0.265 e. The predicted molar refractivity (Wildman–Crippen MR) is 203 cm³/mol. The molecule has 6 aromatic carbocycles. The highest BCUT2D eigenvalue weighted by molar-refractivity contribution is 5.95. The Morgan fingerprint density at radius 1 is 0.431 bits per heavy atom. The van der Waals surface area contributed by atoms with Crippen molar-refractivity contribution in [2.45, 2.75) is 38.9 Å². The van der Waals surface area contributed by atoms with Gasteiger partial charge < -0.3 is 24.8 Å². The summed E-state index contributed by atoms with van der Waals surface area (Å²) in [6.45, 7) is 3.83. The second-order valence-electron chi connectivity index (χ2n) is 11.9. The summed E-state index contributed by atoms with van der Waals surface area (Å²) < 4.78 is 18.0. The van der Waals surface area contributed by atoms with E-state index in [1.54, 1.807) is 48.5 Å². The molecule has 256 valence electrons. The molecule has 2 N–H and O–H groups in total. The van der Waals surface area contributed by atoms with Crippen LogP contribution in [0.3, 0.4) is 0 Å². The van der Waals surface area contributed by atoms with Crippen molar-refractivity contribution in [3.8, 4) is 45.3 Å². The number of hydrogen-bond donors (Lipinski definition) is 2. The van der Waals surface area contributed by atoms with Gasteiger partial charge in [0.25, 0.3) is 11.8 Å². The predicted octanol–water partition coefficient (Wildman–Crippen LogP) is 10.4. The van der Waals surface area contributed by atoms with Crippen molar-refractivity contribution in [1.82, 2.24) is 0 Å². The first-order valence-corrected chi connectivity index (χ1v) is 17.1. The summed E-state index contributed by atoms with van der Waals surface area (Å²) in [6.07, 6.45) is -0.265. The lowest BCUT2D eigenvalue weighted by atomic mass is 10.1. The van der Waals surface area contributed by atoms with E-state index in [0.29, 0.717) is 47.2 Å². The van der Waals surface area contributed by atoms with Crippen LogP contribution < -0.4 is 24.8 Å². The molecule has 51 heavy (non-hydrogen) atoms. The van der Waals surface area contributed by atoms with Crippen molar-refractivity contribution in [1.29, 1.82) is 0 Å². The third-order valence-electron chi connectivity index (χ3n) is 8.29. The zero-order chi connectivity index (χ0) is 35.4. The molecule has 0 saturated heterocycles. The van der Waals surface area contributed by atoms with Crippen LogP contribution in [0.15, 0.2) is 158 Å². The van der Waals surface area contributed by atoms with Gasteiger partial charge >= 0.3 is 0 Å². The zero-order valence-corrected chi connectivity index (χ0v) is 28.6. The second-order valence-corrected chi connectivity index (χ2v) is 11.9. The summed E-state index contributed by atoms with van der Waals surface area (Å²) >= 11 is 0. The van der Waals surface area contributed by atoms with E-state index >= 15 is 0 Å². The Labute approximate surface area is 298 Å². The van der Waals surface area contributed by atoms with Gasteiger partial charge in [0.1, 0.15) is 23.0 Å². The van der Waals surface area contributed by atoms with Crippen molar-refractivity contribution in [2.24, 2.45) is 0 Å². The van der Waals surface area contributed by atoms with Gasteiger partial charge in [-0.2, -0.15) is 0 Å². The standard InChI is InChI=1S/C44H40N2O5/c1-3-41(50-39-23-15-33(16-24-39)31-11-7-5-8-12-31)43(47)45-35-19-27-37(28-20-35)49-38-29-21-36(22-30-38)46-44(48)42(4-2)51-40-25-17-34(18-26-40)32-13-9-6-10-14-32/h5-30,41-42H,3-4H2,1-2H3,(H,45,47)(H,46,48). The maximum atomic E-state index is 13.0. The molecule has 7 nitrogen and oxygen atoms in total. The van der Waals surface area contributed by atoms with Gasteiger partial charge in [-0.25, -0.2) is 0 Å². The minimum Gasteiger partial charge on any atom is -0.481 e. The van der Waals surface area contributed by atoms with Gasteiger partial charge in [-0.3, -0.25) is 9.59 Å². The second kappa shape index (κ2) is 16.9. The van der Waals surface area contributed by atoms with Crippen molar-refractivity contribution in [3.63, 3.8) is 0 Å². The van der Waals surface area contributed by atoms with Crippen molar-refractivity contribution < 1.29 is 23.8 Å². The number of amides is 2. The maximum Gasteiger partial charge on any atom is 0.265 e. The lowest BCUT2D eigenvalue weighted by Gasteiger charge is -2.18. The van der Waals surface area contributed by atoms with E-state index in [9.17, 15) is 9.59 Å². The first kappa shape index (κ1) is 34.5. The molecular formula is C44H40N2O5. The molecule has 0 spiro atoms. The average Bonchev–Trinajstić information content (AvgIpc) is 3.18. The van der Waals surface area contributed by atoms with E-state index in [1.807, 2.05) is 98.8 Å². The van der Waals surface area contributed by atoms with Gasteiger partial charge in [-0.1, -0.05) is 98.8 Å². The van der Waals surface area contributed by atoms with Crippen LogP contribution in [0.5, 0.6) is 23.0 Å². The van der Waals surface area contributed by atoms with Crippen molar-refractivity contribution >= 4 is 23.2 Å². The van der Waals surface area contributed by atoms with Gasteiger partial charge in [0.15, 0.2) is 12.2 Å². The van der Waals surface area contributed by atoms with E-state index in [2.05, 4.69) is 34.9 Å². The first-order valence-electron chi connectivity index (χ1n) is 17.1. The van der Waals surface area contributed by atoms with E-state index < -0.39 is 12.2 Å². The third-order valence-corrected chi connectivity index (χ3v) is 8.29.